The minimum Gasteiger partial charge on any atom is -0.309 e. The smallest absolute Gasteiger partial charge is 0.0777 e. The van der Waals surface area contributed by atoms with Gasteiger partial charge in [-0.25, -0.2) is 0 Å². The molecule has 0 fully saturated rings. The predicted molar refractivity (Wildman–Crippen MR) is 152 cm³/mol. The summed E-state index contributed by atoms with van der Waals surface area (Å²) in [5.41, 5.74) is 10.7. The molecule has 170 valence electrons. The first-order valence-electron chi connectivity index (χ1n) is 12.2. The van der Waals surface area contributed by atoms with Crippen LogP contribution in [0.25, 0.3) is 33.5 Å². The number of para-hydroxylation sites is 2. The maximum Gasteiger partial charge on any atom is 0.0777 e. The maximum absolute atomic E-state index is 4.75. The normalized spacial score (nSPS) is 12.4. The molecule has 0 atom stereocenters. The quantitative estimate of drug-likeness (QED) is 0.242. The van der Waals surface area contributed by atoms with Crippen molar-refractivity contribution in [3.63, 3.8) is 0 Å². The average molecular weight is 469 g/mol. The first-order chi connectivity index (χ1) is 17.0. The largest absolute Gasteiger partial charge is 0.309 e. The zero-order chi connectivity index (χ0) is 24.0. The van der Waals surface area contributed by atoms with Crippen LogP contribution in [0.3, 0.4) is 0 Å². The van der Waals surface area contributed by atoms with Crippen LogP contribution in [0.2, 0.25) is 19.6 Å². The van der Waals surface area contributed by atoms with Crippen molar-refractivity contribution < 1.29 is 0 Å². The van der Waals surface area contributed by atoms with E-state index in [1.165, 1.54) is 38.8 Å². The summed E-state index contributed by atoms with van der Waals surface area (Å²) in [6.07, 6.45) is 1.96. The number of fused-ring (bicyclic) bond motifs is 5. The van der Waals surface area contributed by atoms with E-state index in [4.69, 9.17) is 4.98 Å². The third kappa shape index (κ3) is 3.78. The van der Waals surface area contributed by atoms with Gasteiger partial charge in [-0.3, -0.25) is 4.98 Å². The highest BCUT2D eigenvalue weighted by atomic mass is 28.3. The Morgan fingerprint density at radius 3 is 1.74 bits per heavy atom. The molecule has 0 bridgehead atoms. The first-order valence-corrected chi connectivity index (χ1v) is 15.7. The van der Waals surface area contributed by atoms with Gasteiger partial charge >= 0.3 is 0 Å². The standard InChI is InChI=1S/C32H28N2Si/c1-35(2,3)25-19-20-33-30(22-25)23-11-10-12-24(21-23)34-31-17-8-6-15-28(31)26-13-4-5-14-27(26)29-16-7-9-18-32(29)34/h4-22H,1-3H3. The summed E-state index contributed by atoms with van der Waals surface area (Å²) >= 11 is 0. The van der Waals surface area contributed by atoms with Crippen LogP contribution in [0.1, 0.15) is 0 Å². The summed E-state index contributed by atoms with van der Waals surface area (Å²) in [7, 11) is -1.43. The molecular formula is C32H28N2Si. The van der Waals surface area contributed by atoms with Gasteiger partial charge in [0.15, 0.2) is 0 Å². The molecule has 0 spiro atoms. The Balaban J connectivity index is 1.57. The number of nitrogens with zero attached hydrogens (tertiary/aromatic N) is 2. The van der Waals surface area contributed by atoms with Crippen LogP contribution in [-0.4, -0.2) is 13.1 Å². The van der Waals surface area contributed by atoms with Crippen LogP contribution in [0.15, 0.2) is 115 Å². The molecule has 6 rings (SSSR count). The summed E-state index contributed by atoms with van der Waals surface area (Å²) in [6.45, 7) is 7.14. The summed E-state index contributed by atoms with van der Waals surface area (Å²) < 4.78 is 0. The average Bonchev–Trinajstić information content (AvgIpc) is 3.01. The SMILES string of the molecule is C[Si](C)(C)c1ccnc(-c2cccc(N3c4ccccc4-c4ccccc4-c4ccccc43)c2)c1. The van der Waals surface area contributed by atoms with Crippen molar-refractivity contribution in [2.24, 2.45) is 0 Å². The van der Waals surface area contributed by atoms with Gasteiger partial charge in [0.05, 0.1) is 25.1 Å². The summed E-state index contributed by atoms with van der Waals surface area (Å²) in [4.78, 5) is 7.15. The van der Waals surface area contributed by atoms with Gasteiger partial charge in [0, 0.05) is 28.6 Å². The second kappa shape index (κ2) is 8.37. The van der Waals surface area contributed by atoms with Crippen molar-refractivity contribution in [2.45, 2.75) is 19.6 Å². The molecule has 0 N–H and O–H groups in total. The second-order valence-corrected chi connectivity index (χ2v) is 15.2. The summed E-state index contributed by atoms with van der Waals surface area (Å²) in [5, 5.41) is 1.42. The Labute approximate surface area is 208 Å². The number of hydrogen-bond acceptors (Lipinski definition) is 2. The molecule has 4 aromatic carbocycles. The van der Waals surface area contributed by atoms with E-state index in [-0.39, 0.29) is 0 Å². The number of rotatable bonds is 3. The van der Waals surface area contributed by atoms with Crippen LogP contribution in [-0.2, 0) is 0 Å². The third-order valence-corrected chi connectivity index (χ3v) is 8.87. The van der Waals surface area contributed by atoms with E-state index < -0.39 is 8.07 Å². The Morgan fingerprint density at radius 1 is 0.571 bits per heavy atom. The molecule has 0 saturated carbocycles. The van der Waals surface area contributed by atoms with Gasteiger partial charge in [0.2, 0.25) is 0 Å². The van der Waals surface area contributed by atoms with E-state index in [1.807, 2.05) is 6.20 Å². The van der Waals surface area contributed by atoms with Crippen LogP contribution >= 0.6 is 0 Å². The minimum atomic E-state index is -1.43. The molecule has 1 aromatic heterocycles. The molecule has 2 heterocycles. The summed E-state index contributed by atoms with van der Waals surface area (Å²) in [5.74, 6) is 0. The monoisotopic (exact) mass is 468 g/mol. The van der Waals surface area contributed by atoms with Crippen molar-refractivity contribution in [2.75, 3.05) is 4.90 Å². The van der Waals surface area contributed by atoms with Gasteiger partial charge in [-0.05, 0) is 47.5 Å². The Hall–Kier alpha value is -3.95. The lowest BCUT2D eigenvalue weighted by Crippen LogP contribution is -2.37. The van der Waals surface area contributed by atoms with E-state index >= 15 is 0 Å². The van der Waals surface area contributed by atoms with Crippen molar-refractivity contribution in [3.05, 3.63) is 115 Å². The van der Waals surface area contributed by atoms with Crippen LogP contribution in [0.4, 0.5) is 17.1 Å². The third-order valence-electron chi connectivity index (χ3n) is 6.82. The van der Waals surface area contributed by atoms with Gasteiger partial charge < -0.3 is 4.90 Å². The van der Waals surface area contributed by atoms with E-state index in [1.54, 1.807) is 0 Å². The fourth-order valence-corrected chi connectivity index (χ4v) is 6.16. The van der Waals surface area contributed by atoms with E-state index in [2.05, 4.69) is 134 Å². The molecule has 5 aromatic rings. The van der Waals surface area contributed by atoms with E-state index in [0.717, 1.165) is 16.9 Å². The van der Waals surface area contributed by atoms with Crippen molar-refractivity contribution in [1.29, 1.82) is 0 Å². The fourth-order valence-electron chi connectivity index (χ4n) is 5.01. The van der Waals surface area contributed by atoms with E-state index in [9.17, 15) is 0 Å². The Bertz CT molecular complexity index is 1480. The van der Waals surface area contributed by atoms with Crippen LogP contribution in [0, 0.1) is 0 Å². The molecule has 1 aliphatic rings. The molecule has 35 heavy (non-hydrogen) atoms. The highest BCUT2D eigenvalue weighted by Gasteiger charge is 2.25. The molecule has 0 amide bonds. The molecule has 0 aliphatic carbocycles. The topological polar surface area (TPSA) is 16.1 Å². The number of pyridine rings is 1. The first kappa shape index (κ1) is 21.6. The number of aromatic nitrogens is 1. The van der Waals surface area contributed by atoms with Crippen molar-refractivity contribution in [1.82, 2.24) is 4.98 Å². The zero-order valence-electron chi connectivity index (χ0n) is 20.4. The van der Waals surface area contributed by atoms with Crippen molar-refractivity contribution >= 4 is 30.3 Å². The minimum absolute atomic E-state index is 1.03. The summed E-state index contributed by atoms with van der Waals surface area (Å²) in [6, 6.07) is 39.4. The lowest BCUT2D eigenvalue weighted by Gasteiger charge is -2.27. The molecule has 0 radical (unpaired) electrons. The highest BCUT2D eigenvalue weighted by molar-refractivity contribution is 6.88. The zero-order valence-corrected chi connectivity index (χ0v) is 21.4. The number of benzene rings is 4. The molecule has 1 aliphatic heterocycles. The molecule has 0 saturated heterocycles. The van der Waals surface area contributed by atoms with Gasteiger partial charge in [0.1, 0.15) is 0 Å². The van der Waals surface area contributed by atoms with Gasteiger partial charge in [-0.15, -0.1) is 0 Å². The molecule has 0 unspecified atom stereocenters. The highest BCUT2D eigenvalue weighted by Crippen LogP contribution is 2.50. The second-order valence-electron chi connectivity index (χ2n) is 10.1. The van der Waals surface area contributed by atoms with Crippen LogP contribution in [0.5, 0.6) is 0 Å². The Morgan fingerprint density at radius 2 is 1.14 bits per heavy atom. The number of hydrogen-bond donors (Lipinski definition) is 0. The van der Waals surface area contributed by atoms with Gasteiger partial charge in [-0.2, -0.15) is 0 Å². The number of anilines is 3. The molecule has 3 heteroatoms. The molecular weight excluding hydrogens is 440 g/mol. The Kier molecular flexibility index (Phi) is 5.16. The molecule has 2 nitrogen and oxygen atoms in total. The predicted octanol–water partition coefficient (Wildman–Crippen LogP) is 8.41. The lowest BCUT2D eigenvalue weighted by atomic mass is 9.95. The van der Waals surface area contributed by atoms with Crippen LogP contribution < -0.4 is 10.1 Å². The van der Waals surface area contributed by atoms with Gasteiger partial charge in [-0.1, -0.05) is 97.6 Å². The van der Waals surface area contributed by atoms with E-state index in [0.29, 0.717) is 0 Å². The lowest BCUT2D eigenvalue weighted by molar-refractivity contribution is 1.28. The van der Waals surface area contributed by atoms with Gasteiger partial charge in [0.25, 0.3) is 0 Å². The fraction of sp³-hybridized carbons (Fsp3) is 0.0938. The maximum atomic E-state index is 4.75. The van der Waals surface area contributed by atoms with Crippen molar-refractivity contribution in [3.8, 4) is 33.5 Å².